The molecule has 0 bridgehead atoms. The van der Waals surface area contributed by atoms with Gasteiger partial charge in [-0.25, -0.2) is 0 Å². The normalized spacial score (nSPS) is 10.5. The van der Waals surface area contributed by atoms with Crippen LogP contribution >= 0.6 is 15.9 Å². The number of para-hydroxylation sites is 1. The Hall–Kier alpha value is -1.32. The minimum absolute atomic E-state index is 0.474. The molecule has 0 unspecified atom stereocenters. The van der Waals surface area contributed by atoms with Crippen molar-refractivity contribution in [1.82, 2.24) is 0 Å². The van der Waals surface area contributed by atoms with Crippen molar-refractivity contribution in [3.8, 4) is 5.75 Å². The number of ether oxygens (including phenoxy) is 1. The summed E-state index contributed by atoms with van der Waals surface area (Å²) in [7, 11) is 0. The average molecular weight is 320 g/mol. The van der Waals surface area contributed by atoms with E-state index in [-0.39, 0.29) is 0 Å². The van der Waals surface area contributed by atoms with Crippen molar-refractivity contribution >= 4 is 15.9 Å². The molecule has 0 aliphatic rings. The molecule has 0 radical (unpaired) electrons. The number of nitrogens with two attached hydrogens (primary N) is 1. The first-order chi connectivity index (χ1) is 9.10. The highest BCUT2D eigenvalue weighted by molar-refractivity contribution is 9.10. The zero-order chi connectivity index (χ0) is 13.8. The second-order valence-corrected chi connectivity index (χ2v) is 5.57. The largest absolute Gasteiger partial charge is 0.487 e. The Kier molecular flexibility index (Phi) is 4.61. The number of aryl methyl sites for hydroxylation is 2. The standard InChI is InChI=1S/C16H18BrNO/c1-11-6-12(2)8-13(7-11)10-19-16-14(9-18)4-3-5-15(16)17/h3-8H,9-10,18H2,1-2H3. The fraction of sp³-hybridized carbons (Fsp3) is 0.250. The molecule has 0 heterocycles. The first kappa shape index (κ1) is 14.1. The summed E-state index contributed by atoms with van der Waals surface area (Å²) in [4.78, 5) is 0. The summed E-state index contributed by atoms with van der Waals surface area (Å²) in [6.45, 7) is 5.22. The van der Waals surface area contributed by atoms with Crippen LogP contribution in [0.2, 0.25) is 0 Å². The van der Waals surface area contributed by atoms with Crippen LogP contribution in [0.5, 0.6) is 5.75 Å². The highest BCUT2D eigenvalue weighted by atomic mass is 79.9. The molecule has 2 N–H and O–H groups in total. The lowest BCUT2D eigenvalue weighted by Gasteiger charge is -2.13. The molecular formula is C16H18BrNO. The molecule has 0 aromatic heterocycles. The Morgan fingerprint density at radius 1 is 1.11 bits per heavy atom. The van der Waals surface area contributed by atoms with E-state index in [4.69, 9.17) is 10.5 Å². The van der Waals surface area contributed by atoms with E-state index >= 15 is 0 Å². The van der Waals surface area contributed by atoms with Crippen LogP contribution in [0.4, 0.5) is 0 Å². The molecule has 2 aromatic rings. The van der Waals surface area contributed by atoms with Crippen molar-refractivity contribution in [3.63, 3.8) is 0 Å². The minimum Gasteiger partial charge on any atom is -0.487 e. The van der Waals surface area contributed by atoms with Crippen LogP contribution in [0, 0.1) is 13.8 Å². The topological polar surface area (TPSA) is 35.2 Å². The van der Waals surface area contributed by atoms with Crippen molar-refractivity contribution in [2.24, 2.45) is 5.73 Å². The van der Waals surface area contributed by atoms with Gasteiger partial charge in [0, 0.05) is 12.1 Å². The van der Waals surface area contributed by atoms with Gasteiger partial charge >= 0.3 is 0 Å². The lowest BCUT2D eigenvalue weighted by Crippen LogP contribution is -2.03. The zero-order valence-electron chi connectivity index (χ0n) is 11.2. The number of hydrogen-bond acceptors (Lipinski definition) is 2. The maximum Gasteiger partial charge on any atom is 0.138 e. The van der Waals surface area contributed by atoms with Crippen molar-refractivity contribution in [1.29, 1.82) is 0 Å². The number of benzene rings is 2. The fourth-order valence-electron chi connectivity index (χ4n) is 2.18. The summed E-state index contributed by atoms with van der Waals surface area (Å²) in [5, 5.41) is 0. The van der Waals surface area contributed by atoms with Gasteiger partial charge in [0.15, 0.2) is 0 Å². The summed E-state index contributed by atoms with van der Waals surface area (Å²) in [5.41, 5.74) is 10.4. The highest BCUT2D eigenvalue weighted by Crippen LogP contribution is 2.29. The van der Waals surface area contributed by atoms with Crippen LogP contribution in [0.1, 0.15) is 22.3 Å². The Labute approximate surface area is 122 Å². The molecule has 19 heavy (non-hydrogen) atoms. The van der Waals surface area contributed by atoms with Gasteiger partial charge in [0.25, 0.3) is 0 Å². The Bertz CT molecular complexity index is 561. The molecule has 0 saturated carbocycles. The number of halogens is 1. The quantitative estimate of drug-likeness (QED) is 0.920. The van der Waals surface area contributed by atoms with E-state index in [1.54, 1.807) is 0 Å². The van der Waals surface area contributed by atoms with E-state index in [9.17, 15) is 0 Å². The third kappa shape index (κ3) is 3.58. The predicted octanol–water partition coefficient (Wildman–Crippen LogP) is 4.10. The van der Waals surface area contributed by atoms with Crippen molar-refractivity contribution in [2.75, 3.05) is 0 Å². The molecule has 2 rings (SSSR count). The van der Waals surface area contributed by atoms with Gasteiger partial charge in [-0.05, 0) is 41.4 Å². The van der Waals surface area contributed by atoms with Gasteiger partial charge in [-0.1, -0.05) is 41.5 Å². The molecule has 0 saturated heterocycles. The van der Waals surface area contributed by atoms with Gasteiger partial charge < -0.3 is 10.5 Å². The predicted molar refractivity (Wildman–Crippen MR) is 82.3 cm³/mol. The molecule has 3 heteroatoms. The van der Waals surface area contributed by atoms with Crippen LogP contribution in [0.3, 0.4) is 0 Å². The lowest BCUT2D eigenvalue weighted by molar-refractivity contribution is 0.301. The molecular weight excluding hydrogens is 302 g/mol. The fourth-order valence-corrected chi connectivity index (χ4v) is 2.71. The lowest BCUT2D eigenvalue weighted by atomic mass is 10.1. The van der Waals surface area contributed by atoms with Gasteiger partial charge in [0.1, 0.15) is 12.4 Å². The molecule has 0 amide bonds. The third-order valence-corrected chi connectivity index (χ3v) is 3.56. The molecule has 0 spiro atoms. The highest BCUT2D eigenvalue weighted by Gasteiger charge is 2.07. The Morgan fingerprint density at radius 2 is 1.79 bits per heavy atom. The Balaban J connectivity index is 2.18. The SMILES string of the molecule is Cc1cc(C)cc(COc2c(Br)cccc2CN)c1. The summed E-state index contributed by atoms with van der Waals surface area (Å²) < 4.78 is 6.87. The van der Waals surface area contributed by atoms with Crippen molar-refractivity contribution < 1.29 is 4.74 Å². The average Bonchev–Trinajstić information content (AvgIpc) is 2.36. The smallest absolute Gasteiger partial charge is 0.138 e. The van der Waals surface area contributed by atoms with Gasteiger partial charge in [-0.15, -0.1) is 0 Å². The summed E-state index contributed by atoms with van der Waals surface area (Å²) >= 11 is 3.51. The zero-order valence-corrected chi connectivity index (χ0v) is 12.8. The van der Waals surface area contributed by atoms with Gasteiger partial charge in [0.05, 0.1) is 4.47 Å². The van der Waals surface area contributed by atoms with Crippen LogP contribution in [0.25, 0.3) is 0 Å². The van der Waals surface area contributed by atoms with Crippen LogP contribution in [-0.2, 0) is 13.2 Å². The molecule has 2 aromatic carbocycles. The summed E-state index contributed by atoms with van der Waals surface area (Å²) in [6.07, 6.45) is 0. The molecule has 100 valence electrons. The van der Waals surface area contributed by atoms with E-state index in [2.05, 4.69) is 48.0 Å². The monoisotopic (exact) mass is 319 g/mol. The number of rotatable bonds is 4. The molecule has 0 aliphatic carbocycles. The van der Waals surface area contributed by atoms with Crippen LogP contribution in [-0.4, -0.2) is 0 Å². The van der Waals surface area contributed by atoms with Crippen molar-refractivity contribution in [3.05, 3.63) is 63.1 Å². The third-order valence-electron chi connectivity index (χ3n) is 2.93. The van der Waals surface area contributed by atoms with Gasteiger partial charge in [-0.3, -0.25) is 0 Å². The van der Waals surface area contributed by atoms with Crippen molar-refractivity contribution in [2.45, 2.75) is 27.0 Å². The maximum atomic E-state index is 5.93. The molecule has 0 atom stereocenters. The van der Waals surface area contributed by atoms with E-state index in [1.807, 2.05) is 18.2 Å². The summed E-state index contributed by atoms with van der Waals surface area (Å²) in [6, 6.07) is 12.4. The molecule has 0 aliphatic heterocycles. The van der Waals surface area contributed by atoms with Gasteiger partial charge in [-0.2, -0.15) is 0 Å². The second kappa shape index (κ2) is 6.22. The minimum atomic E-state index is 0.474. The van der Waals surface area contributed by atoms with Crippen LogP contribution in [0.15, 0.2) is 40.9 Å². The van der Waals surface area contributed by atoms with E-state index in [0.717, 1.165) is 15.8 Å². The molecule has 0 fully saturated rings. The van der Waals surface area contributed by atoms with E-state index in [0.29, 0.717) is 13.2 Å². The molecule has 2 nitrogen and oxygen atoms in total. The number of hydrogen-bond donors (Lipinski definition) is 1. The second-order valence-electron chi connectivity index (χ2n) is 4.72. The maximum absolute atomic E-state index is 5.93. The van der Waals surface area contributed by atoms with E-state index in [1.165, 1.54) is 16.7 Å². The Morgan fingerprint density at radius 3 is 2.42 bits per heavy atom. The van der Waals surface area contributed by atoms with E-state index < -0.39 is 0 Å². The first-order valence-corrected chi connectivity index (χ1v) is 7.07. The van der Waals surface area contributed by atoms with Gasteiger partial charge in [0.2, 0.25) is 0 Å². The summed E-state index contributed by atoms with van der Waals surface area (Å²) in [5.74, 6) is 0.837. The van der Waals surface area contributed by atoms with Crippen LogP contribution < -0.4 is 10.5 Å². The first-order valence-electron chi connectivity index (χ1n) is 6.27.